The van der Waals surface area contributed by atoms with Gasteiger partial charge in [-0.1, -0.05) is 48.5 Å². The maximum atomic E-state index is 11.4. The molecule has 0 unspecified atom stereocenters. The van der Waals surface area contributed by atoms with Crippen LogP contribution >= 0.6 is 0 Å². The van der Waals surface area contributed by atoms with Crippen molar-refractivity contribution < 1.29 is 18.4 Å². The highest BCUT2D eigenvalue weighted by molar-refractivity contribution is 5.95. The van der Waals surface area contributed by atoms with Crippen LogP contribution < -0.4 is 0 Å². The summed E-state index contributed by atoms with van der Waals surface area (Å²) >= 11 is 0. The topological polar surface area (TPSA) is 60.4 Å². The van der Waals surface area contributed by atoms with Gasteiger partial charge in [-0.3, -0.25) is 9.59 Å². The monoisotopic (exact) mass is 390 g/mol. The molecule has 3 aliphatic carbocycles. The number of hydrogen-bond donors (Lipinski definition) is 0. The fourth-order valence-corrected chi connectivity index (χ4v) is 5.53. The molecule has 0 amide bonds. The summed E-state index contributed by atoms with van der Waals surface area (Å²) < 4.78 is 12.0. The van der Waals surface area contributed by atoms with Crippen molar-refractivity contribution in [3.05, 3.63) is 106 Å². The van der Waals surface area contributed by atoms with Crippen LogP contribution in [-0.2, 0) is 0 Å². The quantitative estimate of drug-likeness (QED) is 0.351. The highest BCUT2D eigenvalue weighted by atomic mass is 16.3. The van der Waals surface area contributed by atoms with Gasteiger partial charge in [-0.15, -0.1) is 0 Å². The van der Waals surface area contributed by atoms with E-state index in [-0.39, 0.29) is 11.8 Å². The molecule has 30 heavy (non-hydrogen) atoms. The van der Waals surface area contributed by atoms with Crippen molar-refractivity contribution in [3.63, 3.8) is 0 Å². The Morgan fingerprint density at radius 2 is 1.10 bits per heavy atom. The molecule has 4 heteroatoms. The van der Waals surface area contributed by atoms with Crippen LogP contribution in [0.3, 0.4) is 0 Å². The smallest absolute Gasteiger partial charge is 0.185 e. The summed E-state index contributed by atoms with van der Waals surface area (Å²) in [5.74, 6) is 0.625. The van der Waals surface area contributed by atoms with E-state index in [9.17, 15) is 9.59 Å². The zero-order valence-electron chi connectivity index (χ0n) is 15.7. The Kier molecular flexibility index (Phi) is 2.85. The molecule has 2 bridgehead atoms. The lowest BCUT2D eigenvalue weighted by molar-refractivity contribution is 0.109. The van der Waals surface area contributed by atoms with Crippen LogP contribution in [0.4, 0.5) is 0 Å². The van der Waals surface area contributed by atoms with Crippen molar-refractivity contribution in [2.45, 2.75) is 11.8 Å². The SMILES string of the molecule is O=Cc1cc2ccc3c(c2o1)C1c2ccccc2C3c2ccc3cc(C=O)oc3c21. The molecule has 3 aliphatic rings. The van der Waals surface area contributed by atoms with Crippen molar-refractivity contribution in [2.24, 2.45) is 0 Å². The maximum Gasteiger partial charge on any atom is 0.185 e. The summed E-state index contributed by atoms with van der Waals surface area (Å²) in [5.41, 5.74) is 8.59. The first-order valence-corrected chi connectivity index (χ1v) is 9.90. The predicted octanol–water partition coefficient (Wildman–Crippen LogP) is 5.79. The fraction of sp³-hybridized carbons (Fsp3) is 0.0769. The first-order chi connectivity index (χ1) is 14.8. The van der Waals surface area contributed by atoms with Crippen molar-refractivity contribution >= 4 is 34.5 Å². The maximum absolute atomic E-state index is 11.4. The van der Waals surface area contributed by atoms with Crippen molar-refractivity contribution in [2.75, 3.05) is 0 Å². The van der Waals surface area contributed by atoms with Gasteiger partial charge >= 0.3 is 0 Å². The molecule has 4 nitrogen and oxygen atoms in total. The molecule has 5 aromatic rings. The Bertz CT molecular complexity index is 1450. The van der Waals surface area contributed by atoms with Gasteiger partial charge in [-0.25, -0.2) is 0 Å². The first kappa shape index (κ1) is 15.9. The highest BCUT2D eigenvalue weighted by Crippen LogP contribution is 2.58. The molecule has 0 fully saturated rings. The van der Waals surface area contributed by atoms with E-state index in [0.717, 1.165) is 45.6 Å². The molecule has 0 saturated heterocycles. The lowest BCUT2D eigenvalue weighted by atomic mass is 9.60. The normalized spacial score (nSPS) is 18.3. The van der Waals surface area contributed by atoms with Gasteiger partial charge in [0.05, 0.1) is 0 Å². The number of fused-ring (bicyclic) bond motifs is 2. The fourth-order valence-electron chi connectivity index (χ4n) is 5.53. The van der Waals surface area contributed by atoms with Gasteiger partial charge in [0.2, 0.25) is 0 Å². The van der Waals surface area contributed by atoms with E-state index in [4.69, 9.17) is 8.83 Å². The molecule has 0 saturated carbocycles. The minimum Gasteiger partial charge on any atom is -0.453 e. The van der Waals surface area contributed by atoms with Gasteiger partial charge in [0.1, 0.15) is 11.2 Å². The van der Waals surface area contributed by atoms with Crippen LogP contribution in [0.1, 0.15) is 66.3 Å². The largest absolute Gasteiger partial charge is 0.453 e. The molecule has 3 aromatic carbocycles. The van der Waals surface area contributed by atoms with E-state index in [1.807, 2.05) is 12.1 Å². The van der Waals surface area contributed by atoms with Crippen LogP contribution in [0.15, 0.2) is 69.5 Å². The van der Waals surface area contributed by atoms with E-state index >= 15 is 0 Å². The molecule has 0 atom stereocenters. The minimum atomic E-state index is -0.0834. The van der Waals surface area contributed by atoms with E-state index in [1.165, 1.54) is 22.3 Å². The molecule has 2 heterocycles. The van der Waals surface area contributed by atoms with Gasteiger partial charge in [-0.05, 0) is 34.4 Å². The van der Waals surface area contributed by atoms with Gasteiger partial charge in [-0.2, -0.15) is 0 Å². The van der Waals surface area contributed by atoms with Gasteiger partial charge in [0.25, 0.3) is 0 Å². The summed E-state index contributed by atoms with van der Waals surface area (Å²) in [6, 6.07) is 20.4. The number of carbonyl (C=O) groups excluding carboxylic acids is 2. The summed E-state index contributed by atoms with van der Waals surface area (Å²) in [7, 11) is 0. The van der Waals surface area contributed by atoms with Crippen LogP contribution in [0.2, 0.25) is 0 Å². The standard InChI is InChI=1S/C26H14O4/c27-11-15-9-13-5-7-19-21-17-3-1-2-4-18(17)22(23(19)25(13)29-15)24-20(21)8-6-14-10-16(12-28)30-26(14)24/h1-12,21-22H. The third-order valence-corrected chi connectivity index (χ3v) is 6.61. The lowest BCUT2D eigenvalue weighted by Crippen LogP contribution is -2.27. The number of benzene rings is 3. The number of carbonyl (C=O) groups is 2. The molecule has 0 aliphatic heterocycles. The molecular formula is C26H14O4. The summed E-state index contributed by atoms with van der Waals surface area (Å²) in [4.78, 5) is 22.7. The summed E-state index contributed by atoms with van der Waals surface area (Å²) in [6.07, 6.45) is 1.49. The van der Waals surface area contributed by atoms with E-state index < -0.39 is 0 Å². The zero-order chi connectivity index (χ0) is 20.0. The van der Waals surface area contributed by atoms with Gasteiger partial charge in [0.15, 0.2) is 24.1 Å². The van der Waals surface area contributed by atoms with Crippen LogP contribution in [0, 0.1) is 0 Å². The Morgan fingerprint density at radius 1 is 0.600 bits per heavy atom. The number of aldehydes is 2. The van der Waals surface area contributed by atoms with Crippen molar-refractivity contribution in [1.82, 2.24) is 0 Å². The second kappa shape index (κ2) is 5.36. The Labute approximate surface area is 170 Å². The molecule has 0 N–H and O–H groups in total. The van der Waals surface area contributed by atoms with Crippen molar-refractivity contribution in [3.8, 4) is 0 Å². The zero-order valence-corrected chi connectivity index (χ0v) is 15.7. The van der Waals surface area contributed by atoms with E-state index in [0.29, 0.717) is 11.5 Å². The van der Waals surface area contributed by atoms with Crippen LogP contribution in [0.25, 0.3) is 21.9 Å². The average Bonchev–Trinajstić information content (AvgIpc) is 3.42. The minimum absolute atomic E-state index is 0.0552. The predicted molar refractivity (Wildman–Crippen MR) is 112 cm³/mol. The van der Waals surface area contributed by atoms with E-state index in [1.54, 1.807) is 12.1 Å². The highest BCUT2D eigenvalue weighted by Gasteiger charge is 2.44. The number of rotatable bonds is 2. The van der Waals surface area contributed by atoms with Gasteiger partial charge < -0.3 is 8.83 Å². The molecule has 142 valence electrons. The number of furan rings is 2. The van der Waals surface area contributed by atoms with Crippen LogP contribution in [0.5, 0.6) is 0 Å². The second-order valence-electron chi connectivity index (χ2n) is 8.00. The molecule has 0 radical (unpaired) electrons. The van der Waals surface area contributed by atoms with Gasteiger partial charge in [0, 0.05) is 33.7 Å². The molecule has 2 aromatic heterocycles. The lowest BCUT2D eigenvalue weighted by Gasteiger charge is -2.41. The number of hydrogen-bond acceptors (Lipinski definition) is 4. The molecule has 8 rings (SSSR count). The second-order valence-corrected chi connectivity index (χ2v) is 8.00. The van der Waals surface area contributed by atoms with E-state index in [2.05, 4.69) is 36.4 Å². The molecule has 0 spiro atoms. The molecular weight excluding hydrogens is 376 g/mol. The third-order valence-electron chi connectivity index (χ3n) is 6.61. The Morgan fingerprint density at radius 3 is 1.60 bits per heavy atom. The summed E-state index contributed by atoms with van der Waals surface area (Å²) in [5, 5.41) is 1.84. The van der Waals surface area contributed by atoms with Crippen molar-refractivity contribution in [1.29, 1.82) is 0 Å². The average molecular weight is 390 g/mol. The Hall–Kier alpha value is -3.92. The summed E-state index contributed by atoms with van der Waals surface area (Å²) in [6.45, 7) is 0. The van der Waals surface area contributed by atoms with Crippen LogP contribution in [-0.4, -0.2) is 12.6 Å². The first-order valence-electron chi connectivity index (χ1n) is 9.90. The third kappa shape index (κ3) is 1.77. The Balaban J connectivity index is 1.65.